The number of rotatable bonds is 3. The van der Waals surface area contributed by atoms with Crippen LogP contribution >= 0.6 is 0 Å². The van der Waals surface area contributed by atoms with E-state index >= 15 is 0 Å². The van der Waals surface area contributed by atoms with E-state index in [0.29, 0.717) is 5.41 Å². The Hall–Kier alpha value is -1.31. The molecular formula is C13H16N2. The fourth-order valence-corrected chi connectivity index (χ4v) is 2.39. The van der Waals surface area contributed by atoms with Crippen LogP contribution in [0.5, 0.6) is 0 Å². The molecule has 1 aromatic rings. The summed E-state index contributed by atoms with van der Waals surface area (Å²) < 4.78 is 0. The fourth-order valence-electron chi connectivity index (χ4n) is 2.39. The van der Waals surface area contributed by atoms with E-state index < -0.39 is 0 Å². The predicted octanol–water partition coefficient (Wildman–Crippen LogP) is 2.01. The SMILES string of the molecule is c1ccc(CC2(C3=NCCN3)CC2)cc1. The molecule has 1 fully saturated rings. The average molecular weight is 200 g/mol. The number of nitrogens with one attached hydrogen (secondary N) is 1. The lowest BCUT2D eigenvalue weighted by molar-refractivity contribution is 0.674. The molecule has 2 heteroatoms. The minimum atomic E-state index is 0.373. The molecule has 0 unspecified atom stereocenters. The summed E-state index contributed by atoms with van der Waals surface area (Å²) in [4.78, 5) is 4.57. The van der Waals surface area contributed by atoms with Crippen LogP contribution in [0.3, 0.4) is 0 Å². The van der Waals surface area contributed by atoms with Gasteiger partial charge >= 0.3 is 0 Å². The number of nitrogens with zero attached hydrogens (tertiary/aromatic N) is 1. The Kier molecular flexibility index (Phi) is 2.01. The second kappa shape index (κ2) is 3.37. The molecule has 1 saturated carbocycles. The second-order valence-electron chi connectivity index (χ2n) is 4.60. The first-order valence-corrected chi connectivity index (χ1v) is 5.72. The van der Waals surface area contributed by atoms with E-state index in [1.165, 1.54) is 24.2 Å². The van der Waals surface area contributed by atoms with Gasteiger partial charge in [-0.3, -0.25) is 4.99 Å². The fraction of sp³-hybridized carbons (Fsp3) is 0.462. The van der Waals surface area contributed by atoms with Crippen molar-refractivity contribution in [2.24, 2.45) is 10.4 Å². The van der Waals surface area contributed by atoms with Crippen LogP contribution in [0.4, 0.5) is 0 Å². The Labute approximate surface area is 90.4 Å². The first-order chi connectivity index (χ1) is 7.39. The average Bonchev–Trinajstić information content (AvgIpc) is 2.84. The van der Waals surface area contributed by atoms with Gasteiger partial charge in [0.1, 0.15) is 5.84 Å². The minimum Gasteiger partial charge on any atom is -0.372 e. The molecule has 1 N–H and O–H groups in total. The van der Waals surface area contributed by atoms with Gasteiger partial charge in [-0.2, -0.15) is 0 Å². The molecule has 1 aromatic carbocycles. The standard InChI is InChI=1S/C13H16N2/c1-2-4-11(5-3-1)10-13(6-7-13)12-14-8-9-15-12/h1-5H,6-10H2,(H,14,15). The van der Waals surface area contributed by atoms with Crippen LogP contribution in [0.15, 0.2) is 35.3 Å². The lowest BCUT2D eigenvalue weighted by Crippen LogP contribution is -2.29. The summed E-state index contributed by atoms with van der Waals surface area (Å²) in [6.45, 7) is 2.00. The monoisotopic (exact) mass is 200 g/mol. The smallest absolute Gasteiger partial charge is 0.103 e. The molecule has 1 heterocycles. The van der Waals surface area contributed by atoms with E-state index in [0.717, 1.165) is 19.5 Å². The Balaban J connectivity index is 1.78. The maximum atomic E-state index is 4.57. The molecule has 0 atom stereocenters. The largest absolute Gasteiger partial charge is 0.372 e. The molecule has 78 valence electrons. The zero-order chi connectivity index (χ0) is 10.1. The molecule has 1 aliphatic carbocycles. The Bertz CT molecular complexity index is 377. The van der Waals surface area contributed by atoms with Gasteiger partial charge in [0.15, 0.2) is 0 Å². The number of hydrogen-bond acceptors (Lipinski definition) is 2. The van der Waals surface area contributed by atoms with Gasteiger partial charge in [0.05, 0.1) is 6.54 Å². The van der Waals surface area contributed by atoms with Crippen molar-refractivity contribution in [3.63, 3.8) is 0 Å². The van der Waals surface area contributed by atoms with E-state index in [1.54, 1.807) is 0 Å². The summed E-state index contributed by atoms with van der Waals surface area (Å²) in [7, 11) is 0. The van der Waals surface area contributed by atoms with Crippen LogP contribution < -0.4 is 5.32 Å². The molecule has 0 aromatic heterocycles. The van der Waals surface area contributed by atoms with Crippen molar-refractivity contribution in [3.05, 3.63) is 35.9 Å². The Morgan fingerprint density at radius 1 is 1.20 bits per heavy atom. The molecule has 0 bridgehead atoms. The van der Waals surface area contributed by atoms with Crippen LogP contribution in [0, 0.1) is 5.41 Å². The number of amidine groups is 1. The summed E-state index contributed by atoms with van der Waals surface area (Å²) in [5.41, 5.74) is 1.81. The first-order valence-electron chi connectivity index (χ1n) is 5.72. The summed E-state index contributed by atoms with van der Waals surface area (Å²) in [5, 5.41) is 3.43. The minimum absolute atomic E-state index is 0.373. The normalized spacial score (nSPS) is 22.0. The van der Waals surface area contributed by atoms with Crippen molar-refractivity contribution in [2.45, 2.75) is 19.3 Å². The molecule has 3 rings (SSSR count). The van der Waals surface area contributed by atoms with Crippen molar-refractivity contribution in [1.82, 2.24) is 5.32 Å². The van der Waals surface area contributed by atoms with E-state index in [4.69, 9.17) is 0 Å². The summed E-state index contributed by atoms with van der Waals surface area (Å²) in [5.74, 6) is 1.27. The summed E-state index contributed by atoms with van der Waals surface area (Å²) in [6, 6.07) is 10.8. The first kappa shape index (κ1) is 8.96. The number of hydrogen-bond donors (Lipinski definition) is 1. The summed E-state index contributed by atoms with van der Waals surface area (Å²) in [6.07, 6.45) is 3.75. The van der Waals surface area contributed by atoms with Gasteiger partial charge in [0.25, 0.3) is 0 Å². The van der Waals surface area contributed by atoms with Crippen molar-refractivity contribution >= 4 is 5.84 Å². The number of benzene rings is 1. The molecule has 2 aliphatic rings. The van der Waals surface area contributed by atoms with Crippen LogP contribution in [0.25, 0.3) is 0 Å². The van der Waals surface area contributed by atoms with Crippen molar-refractivity contribution in [1.29, 1.82) is 0 Å². The maximum absolute atomic E-state index is 4.57. The maximum Gasteiger partial charge on any atom is 0.103 e. The molecule has 0 radical (unpaired) electrons. The molecule has 0 spiro atoms. The van der Waals surface area contributed by atoms with Gasteiger partial charge < -0.3 is 5.32 Å². The zero-order valence-electron chi connectivity index (χ0n) is 8.87. The van der Waals surface area contributed by atoms with Crippen LogP contribution in [0.2, 0.25) is 0 Å². The third kappa shape index (κ3) is 1.65. The van der Waals surface area contributed by atoms with E-state index in [9.17, 15) is 0 Å². The molecule has 0 amide bonds. The molecule has 0 saturated heterocycles. The van der Waals surface area contributed by atoms with Crippen LogP contribution in [0.1, 0.15) is 18.4 Å². The third-order valence-electron chi connectivity index (χ3n) is 3.42. The molecule has 2 nitrogen and oxygen atoms in total. The highest BCUT2D eigenvalue weighted by molar-refractivity contribution is 5.91. The number of aliphatic imine (C=N–C) groups is 1. The topological polar surface area (TPSA) is 24.4 Å². The Morgan fingerprint density at radius 3 is 2.60 bits per heavy atom. The quantitative estimate of drug-likeness (QED) is 0.793. The Morgan fingerprint density at radius 2 is 2.00 bits per heavy atom. The predicted molar refractivity (Wildman–Crippen MR) is 62.1 cm³/mol. The van der Waals surface area contributed by atoms with Crippen molar-refractivity contribution in [2.75, 3.05) is 13.1 Å². The van der Waals surface area contributed by atoms with Gasteiger partial charge in [0, 0.05) is 12.0 Å². The lowest BCUT2D eigenvalue weighted by atomic mass is 9.95. The van der Waals surface area contributed by atoms with Crippen molar-refractivity contribution in [3.8, 4) is 0 Å². The van der Waals surface area contributed by atoms with E-state index in [-0.39, 0.29) is 0 Å². The van der Waals surface area contributed by atoms with Crippen LogP contribution in [-0.4, -0.2) is 18.9 Å². The highest BCUT2D eigenvalue weighted by Gasteiger charge is 2.48. The summed E-state index contributed by atoms with van der Waals surface area (Å²) >= 11 is 0. The third-order valence-corrected chi connectivity index (χ3v) is 3.42. The van der Waals surface area contributed by atoms with E-state index in [2.05, 4.69) is 40.6 Å². The van der Waals surface area contributed by atoms with Gasteiger partial charge in [0.2, 0.25) is 0 Å². The molecular weight excluding hydrogens is 184 g/mol. The highest BCUT2D eigenvalue weighted by Crippen LogP contribution is 2.49. The van der Waals surface area contributed by atoms with E-state index in [1.807, 2.05) is 0 Å². The lowest BCUT2D eigenvalue weighted by Gasteiger charge is -2.15. The van der Waals surface area contributed by atoms with Gasteiger partial charge in [-0.15, -0.1) is 0 Å². The van der Waals surface area contributed by atoms with Crippen LogP contribution in [-0.2, 0) is 6.42 Å². The molecule has 1 aliphatic heterocycles. The van der Waals surface area contributed by atoms with Gasteiger partial charge in [-0.25, -0.2) is 0 Å². The highest BCUT2D eigenvalue weighted by atomic mass is 15.1. The second-order valence-corrected chi connectivity index (χ2v) is 4.60. The zero-order valence-corrected chi connectivity index (χ0v) is 8.87. The molecule has 15 heavy (non-hydrogen) atoms. The van der Waals surface area contributed by atoms with Gasteiger partial charge in [-0.1, -0.05) is 30.3 Å². The van der Waals surface area contributed by atoms with Gasteiger partial charge in [-0.05, 0) is 24.8 Å². The van der Waals surface area contributed by atoms with Crippen molar-refractivity contribution < 1.29 is 0 Å².